The Bertz CT molecular complexity index is 341. The minimum Gasteiger partial charge on any atom is -0.283 e. The number of nitrogens with one attached hydrogen (secondary N) is 1. The summed E-state index contributed by atoms with van der Waals surface area (Å²) in [5.41, 5.74) is 3.34. The van der Waals surface area contributed by atoms with Gasteiger partial charge in [-0.2, -0.15) is 5.10 Å². The fourth-order valence-electron chi connectivity index (χ4n) is 1.74. The second kappa shape index (κ2) is 4.44. The molecule has 0 saturated carbocycles. The van der Waals surface area contributed by atoms with Crippen LogP contribution < -0.4 is 5.43 Å². The number of piperidine rings is 1. The highest BCUT2D eigenvalue weighted by atomic mass is 16.2. The highest BCUT2D eigenvalue weighted by molar-refractivity contribution is 5.91. The molecule has 1 aromatic rings. The first kappa shape index (κ1) is 10.2. The summed E-state index contributed by atoms with van der Waals surface area (Å²) in [7, 11) is 1.80. The first-order valence-corrected chi connectivity index (χ1v) is 5.31. The van der Waals surface area contributed by atoms with Crippen molar-refractivity contribution >= 4 is 5.91 Å². The molecule has 0 aliphatic carbocycles. The van der Waals surface area contributed by atoms with E-state index >= 15 is 0 Å². The number of carbonyl (C=O) groups excluding carboxylic acids is 1. The first-order valence-electron chi connectivity index (χ1n) is 5.31. The first-order chi connectivity index (χ1) is 7.25. The predicted molar refractivity (Wildman–Crippen MR) is 56.1 cm³/mol. The minimum absolute atomic E-state index is 0.113. The fraction of sp³-hybridized carbons (Fsp3) is 0.600. The van der Waals surface area contributed by atoms with Gasteiger partial charge in [-0.3, -0.25) is 14.9 Å². The van der Waals surface area contributed by atoms with E-state index in [1.165, 1.54) is 6.42 Å². The molecular formula is C10H16N4O. The lowest BCUT2D eigenvalue weighted by atomic mass is 10.2. The number of aromatic nitrogens is 2. The number of carbonyl (C=O) groups is 1. The summed E-state index contributed by atoms with van der Waals surface area (Å²) >= 11 is 0. The van der Waals surface area contributed by atoms with Gasteiger partial charge in [-0.05, 0) is 18.9 Å². The Morgan fingerprint density at radius 3 is 2.73 bits per heavy atom. The highest BCUT2D eigenvalue weighted by Crippen LogP contribution is 2.06. The highest BCUT2D eigenvalue weighted by Gasteiger charge is 2.15. The molecule has 1 aliphatic heterocycles. The van der Waals surface area contributed by atoms with Crippen LogP contribution in [0.5, 0.6) is 0 Å². The van der Waals surface area contributed by atoms with Crippen LogP contribution in [0, 0.1) is 0 Å². The van der Waals surface area contributed by atoms with E-state index in [0.717, 1.165) is 25.9 Å². The zero-order valence-electron chi connectivity index (χ0n) is 8.94. The van der Waals surface area contributed by atoms with E-state index in [1.54, 1.807) is 24.0 Å². The Morgan fingerprint density at radius 1 is 1.40 bits per heavy atom. The van der Waals surface area contributed by atoms with Crippen molar-refractivity contribution in [3.8, 4) is 0 Å². The number of hydrazine groups is 1. The van der Waals surface area contributed by atoms with Crippen molar-refractivity contribution in [2.45, 2.75) is 19.3 Å². The Balaban J connectivity index is 1.91. The summed E-state index contributed by atoms with van der Waals surface area (Å²) in [6, 6.07) is 1.72. The lowest BCUT2D eigenvalue weighted by molar-refractivity contribution is 0.0744. The average Bonchev–Trinajstić information content (AvgIpc) is 2.66. The molecule has 0 bridgehead atoms. The number of aryl methyl sites for hydroxylation is 1. The van der Waals surface area contributed by atoms with Gasteiger partial charge in [0.15, 0.2) is 5.69 Å². The molecule has 82 valence electrons. The van der Waals surface area contributed by atoms with Gasteiger partial charge in [-0.1, -0.05) is 6.42 Å². The lowest BCUT2D eigenvalue weighted by Crippen LogP contribution is -2.45. The smallest absolute Gasteiger partial charge is 0.283 e. The molecule has 0 aromatic carbocycles. The average molecular weight is 208 g/mol. The predicted octanol–water partition coefficient (Wildman–Crippen LogP) is 0.551. The van der Waals surface area contributed by atoms with Gasteiger partial charge in [0.05, 0.1) is 0 Å². The second-order valence-electron chi connectivity index (χ2n) is 3.86. The van der Waals surface area contributed by atoms with Gasteiger partial charge in [0.25, 0.3) is 5.91 Å². The van der Waals surface area contributed by atoms with Crippen LogP contribution in [0.1, 0.15) is 29.8 Å². The molecule has 0 radical (unpaired) electrons. The number of amides is 1. The second-order valence-corrected chi connectivity index (χ2v) is 3.86. The molecule has 5 nitrogen and oxygen atoms in total. The molecule has 5 heteroatoms. The molecule has 0 spiro atoms. The molecular weight excluding hydrogens is 192 g/mol. The molecule has 0 atom stereocenters. The lowest BCUT2D eigenvalue weighted by Gasteiger charge is -2.26. The Morgan fingerprint density at radius 2 is 2.13 bits per heavy atom. The fourth-order valence-corrected chi connectivity index (χ4v) is 1.74. The summed E-state index contributed by atoms with van der Waals surface area (Å²) in [5.74, 6) is -0.113. The zero-order valence-corrected chi connectivity index (χ0v) is 8.94. The standard InChI is InChI=1S/C10H16N4O/c1-13-8-5-9(11-13)10(15)12-14-6-3-2-4-7-14/h5,8H,2-4,6-7H2,1H3,(H,12,15). The summed E-state index contributed by atoms with van der Waals surface area (Å²) in [4.78, 5) is 11.7. The van der Waals surface area contributed by atoms with Crippen molar-refractivity contribution in [2.24, 2.45) is 7.05 Å². The van der Waals surface area contributed by atoms with Crippen LogP contribution >= 0.6 is 0 Å². The maximum absolute atomic E-state index is 11.7. The van der Waals surface area contributed by atoms with Crippen LogP contribution in [-0.2, 0) is 7.05 Å². The van der Waals surface area contributed by atoms with E-state index in [-0.39, 0.29) is 5.91 Å². The normalized spacial score (nSPS) is 17.7. The molecule has 1 aromatic heterocycles. The summed E-state index contributed by atoms with van der Waals surface area (Å²) in [5, 5.41) is 6.03. The van der Waals surface area contributed by atoms with Crippen LogP contribution in [0.25, 0.3) is 0 Å². The van der Waals surface area contributed by atoms with E-state index in [0.29, 0.717) is 5.69 Å². The number of hydrogen-bond acceptors (Lipinski definition) is 3. The monoisotopic (exact) mass is 208 g/mol. The third kappa shape index (κ3) is 2.56. The van der Waals surface area contributed by atoms with Crippen LogP contribution in [0.15, 0.2) is 12.3 Å². The molecule has 1 fully saturated rings. The number of hydrogen-bond donors (Lipinski definition) is 1. The van der Waals surface area contributed by atoms with Gasteiger partial charge in [-0.15, -0.1) is 0 Å². The van der Waals surface area contributed by atoms with Crippen molar-refractivity contribution in [3.05, 3.63) is 18.0 Å². The van der Waals surface area contributed by atoms with E-state index in [2.05, 4.69) is 10.5 Å². The van der Waals surface area contributed by atoms with E-state index < -0.39 is 0 Å². The summed E-state index contributed by atoms with van der Waals surface area (Å²) in [6.07, 6.45) is 5.34. The van der Waals surface area contributed by atoms with Crippen molar-refractivity contribution in [2.75, 3.05) is 13.1 Å². The molecule has 2 heterocycles. The van der Waals surface area contributed by atoms with Gasteiger partial charge in [0.2, 0.25) is 0 Å². The zero-order chi connectivity index (χ0) is 10.7. The third-order valence-electron chi connectivity index (χ3n) is 2.56. The van der Waals surface area contributed by atoms with E-state index in [4.69, 9.17) is 0 Å². The van der Waals surface area contributed by atoms with Crippen LogP contribution in [0.3, 0.4) is 0 Å². The van der Waals surface area contributed by atoms with Gasteiger partial charge in [0, 0.05) is 26.3 Å². The molecule has 0 unspecified atom stereocenters. The van der Waals surface area contributed by atoms with Gasteiger partial charge in [0.1, 0.15) is 0 Å². The van der Waals surface area contributed by atoms with E-state index in [1.807, 2.05) is 5.01 Å². The maximum Gasteiger partial charge on any atom is 0.286 e. The summed E-state index contributed by atoms with van der Waals surface area (Å²) in [6.45, 7) is 1.89. The molecule has 2 rings (SSSR count). The summed E-state index contributed by atoms with van der Waals surface area (Å²) < 4.78 is 1.63. The van der Waals surface area contributed by atoms with Gasteiger partial charge >= 0.3 is 0 Å². The van der Waals surface area contributed by atoms with Gasteiger partial charge < -0.3 is 0 Å². The van der Waals surface area contributed by atoms with Crippen LogP contribution in [-0.4, -0.2) is 33.8 Å². The molecule has 1 N–H and O–H groups in total. The largest absolute Gasteiger partial charge is 0.286 e. The van der Waals surface area contributed by atoms with Crippen LogP contribution in [0.4, 0.5) is 0 Å². The molecule has 1 aliphatic rings. The van der Waals surface area contributed by atoms with Gasteiger partial charge in [-0.25, -0.2) is 5.01 Å². The van der Waals surface area contributed by atoms with Crippen molar-refractivity contribution in [3.63, 3.8) is 0 Å². The minimum atomic E-state index is -0.113. The third-order valence-corrected chi connectivity index (χ3v) is 2.56. The SMILES string of the molecule is Cn1ccc(C(=O)NN2CCCCC2)n1. The molecule has 1 amide bonds. The molecule has 15 heavy (non-hydrogen) atoms. The Kier molecular flexibility index (Phi) is 3.01. The maximum atomic E-state index is 11.7. The Hall–Kier alpha value is -1.36. The number of nitrogens with zero attached hydrogens (tertiary/aromatic N) is 3. The van der Waals surface area contributed by atoms with Crippen molar-refractivity contribution in [1.29, 1.82) is 0 Å². The number of rotatable bonds is 2. The van der Waals surface area contributed by atoms with E-state index in [9.17, 15) is 4.79 Å². The Labute approximate surface area is 89.0 Å². The quantitative estimate of drug-likeness (QED) is 0.772. The van der Waals surface area contributed by atoms with Crippen molar-refractivity contribution in [1.82, 2.24) is 20.2 Å². The topological polar surface area (TPSA) is 50.2 Å². The van der Waals surface area contributed by atoms with Crippen LogP contribution in [0.2, 0.25) is 0 Å². The van der Waals surface area contributed by atoms with Crippen molar-refractivity contribution < 1.29 is 4.79 Å². The molecule has 1 saturated heterocycles.